The third-order valence-electron chi connectivity index (χ3n) is 5.76. The van der Waals surface area contributed by atoms with Gasteiger partial charge >= 0.3 is 0 Å². The Balaban J connectivity index is 1.80. The van der Waals surface area contributed by atoms with Crippen LogP contribution in [-0.2, 0) is 0 Å². The quantitative estimate of drug-likeness (QED) is 0.375. The van der Waals surface area contributed by atoms with E-state index in [1.165, 1.54) is 68.9 Å². The zero-order valence-electron chi connectivity index (χ0n) is 16.7. The van der Waals surface area contributed by atoms with Gasteiger partial charge in [-0.2, -0.15) is 0 Å². The second kappa shape index (κ2) is 11.4. The molecule has 2 rings (SSSR count). The first-order valence-electron chi connectivity index (χ1n) is 10.7. The fourth-order valence-corrected chi connectivity index (χ4v) is 3.89. The fraction of sp³-hybridized carbons (Fsp3) is 0.667. The van der Waals surface area contributed by atoms with Crippen LogP contribution in [0.3, 0.4) is 0 Å². The number of rotatable bonds is 11. The Morgan fingerprint density at radius 2 is 1.72 bits per heavy atom. The molecule has 140 valence electrons. The maximum Gasteiger partial charge on any atom is 0.119 e. The molecule has 1 heteroatoms. The van der Waals surface area contributed by atoms with Gasteiger partial charge in [0.15, 0.2) is 0 Å². The first-order chi connectivity index (χ1) is 12.2. The number of unbranched alkanes of at least 4 members (excludes halogenated alkanes) is 4. The number of allylic oxidation sites excluding steroid dienone is 2. The molecule has 2 atom stereocenters. The van der Waals surface area contributed by atoms with Gasteiger partial charge in [-0.05, 0) is 60.8 Å². The molecule has 2 unspecified atom stereocenters. The molecule has 25 heavy (non-hydrogen) atoms. The molecule has 0 radical (unpaired) electrons. The van der Waals surface area contributed by atoms with Gasteiger partial charge in [0, 0.05) is 0 Å². The third kappa shape index (κ3) is 6.88. The Hall–Kier alpha value is -1.24. The highest BCUT2D eigenvalue weighted by Gasteiger charge is 2.20. The normalized spacial score (nSPS) is 18.7. The average Bonchev–Trinajstić information content (AvgIpc) is 2.66. The summed E-state index contributed by atoms with van der Waals surface area (Å²) >= 11 is 0. The lowest BCUT2D eigenvalue weighted by Crippen LogP contribution is -2.14. The predicted octanol–water partition coefficient (Wildman–Crippen LogP) is 7.66. The van der Waals surface area contributed by atoms with Crippen LogP contribution in [0.15, 0.2) is 30.3 Å². The van der Waals surface area contributed by atoms with Crippen molar-refractivity contribution >= 4 is 5.57 Å². The number of ether oxygens (including phenoxy) is 1. The first kappa shape index (κ1) is 20.1. The molecule has 0 amide bonds. The van der Waals surface area contributed by atoms with Gasteiger partial charge in [-0.1, -0.05) is 77.5 Å². The summed E-state index contributed by atoms with van der Waals surface area (Å²) < 4.78 is 5.83. The van der Waals surface area contributed by atoms with Gasteiger partial charge in [0.05, 0.1) is 6.61 Å². The van der Waals surface area contributed by atoms with E-state index in [2.05, 4.69) is 51.1 Å². The molecule has 0 saturated carbocycles. The lowest BCUT2D eigenvalue weighted by molar-refractivity contribution is 0.306. The molecule has 1 aromatic rings. The molecule has 0 bridgehead atoms. The van der Waals surface area contributed by atoms with Crippen LogP contribution in [0.2, 0.25) is 0 Å². The monoisotopic (exact) mass is 342 g/mol. The van der Waals surface area contributed by atoms with Crippen LogP contribution in [0.5, 0.6) is 5.75 Å². The highest BCUT2D eigenvalue weighted by molar-refractivity contribution is 5.66. The van der Waals surface area contributed by atoms with Crippen LogP contribution in [0.25, 0.3) is 5.57 Å². The van der Waals surface area contributed by atoms with Gasteiger partial charge in [-0.3, -0.25) is 0 Å². The molecule has 1 aliphatic rings. The smallest absolute Gasteiger partial charge is 0.119 e. The summed E-state index contributed by atoms with van der Waals surface area (Å²) in [6.07, 6.45) is 15.5. The number of hydrogen-bond acceptors (Lipinski definition) is 1. The lowest BCUT2D eigenvalue weighted by Gasteiger charge is -2.27. The van der Waals surface area contributed by atoms with Crippen LogP contribution in [0, 0.1) is 11.8 Å². The van der Waals surface area contributed by atoms with Crippen molar-refractivity contribution in [2.45, 2.75) is 85.0 Å². The van der Waals surface area contributed by atoms with Crippen LogP contribution < -0.4 is 4.74 Å². The summed E-state index contributed by atoms with van der Waals surface area (Å²) in [5.74, 6) is 2.78. The number of benzene rings is 1. The minimum absolute atomic E-state index is 0.841. The van der Waals surface area contributed by atoms with Crippen molar-refractivity contribution in [2.24, 2.45) is 11.8 Å². The van der Waals surface area contributed by atoms with Crippen LogP contribution in [-0.4, -0.2) is 6.61 Å². The molecule has 0 aromatic heterocycles. The van der Waals surface area contributed by atoms with Gasteiger partial charge in [-0.25, -0.2) is 0 Å². The second-order valence-corrected chi connectivity index (χ2v) is 7.82. The van der Waals surface area contributed by atoms with E-state index in [1.807, 2.05) is 0 Å². The zero-order valence-corrected chi connectivity index (χ0v) is 16.7. The van der Waals surface area contributed by atoms with Gasteiger partial charge in [-0.15, -0.1) is 0 Å². The summed E-state index contributed by atoms with van der Waals surface area (Å²) in [6.45, 7) is 7.82. The molecule has 1 aliphatic carbocycles. The van der Waals surface area contributed by atoms with Crippen LogP contribution >= 0.6 is 0 Å². The second-order valence-electron chi connectivity index (χ2n) is 7.82. The first-order valence-corrected chi connectivity index (χ1v) is 10.7. The minimum atomic E-state index is 0.841. The van der Waals surface area contributed by atoms with E-state index in [1.54, 1.807) is 0 Å². The molecule has 0 heterocycles. The van der Waals surface area contributed by atoms with E-state index >= 15 is 0 Å². The molecule has 0 N–H and O–H groups in total. The Bertz CT molecular complexity index is 499. The number of hydrogen-bond donors (Lipinski definition) is 0. The lowest BCUT2D eigenvalue weighted by atomic mass is 9.78. The van der Waals surface area contributed by atoms with Crippen molar-refractivity contribution in [3.8, 4) is 5.75 Å². The van der Waals surface area contributed by atoms with E-state index in [0.717, 1.165) is 30.6 Å². The van der Waals surface area contributed by atoms with E-state index in [-0.39, 0.29) is 0 Å². The summed E-state index contributed by atoms with van der Waals surface area (Å²) in [5, 5.41) is 0. The third-order valence-corrected chi connectivity index (χ3v) is 5.76. The largest absolute Gasteiger partial charge is 0.494 e. The average molecular weight is 343 g/mol. The van der Waals surface area contributed by atoms with E-state index < -0.39 is 0 Å². The molecule has 0 aliphatic heterocycles. The molecular weight excluding hydrogens is 304 g/mol. The highest BCUT2D eigenvalue weighted by atomic mass is 16.5. The molecule has 1 nitrogen and oxygen atoms in total. The predicted molar refractivity (Wildman–Crippen MR) is 110 cm³/mol. The topological polar surface area (TPSA) is 9.23 Å². The van der Waals surface area contributed by atoms with E-state index in [9.17, 15) is 0 Å². The summed E-state index contributed by atoms with van der Waals surface area (Å²) in [4.78, 5) is 0. The fourth-order valence-electron chi connectivity index (χ4n) is 3.89. The Morgan fingerprint density at radius 3 is 2.36 bits per heavy atom. The zero-order chi connectivity index (χ0) is 17.9. The summed E-state index contributed by atoms with van der Waals surface area (Å²) in [5.41, 5.74) is 2.92. The minimum Gasteiger partial charge on any atom is -0.494 e. The van der Waals surface area contributed by atoms with Crippen molar-refractivity contribution < 1.29 is 4.74 Å². The molecule has 0 fully saturated rings. The van der Waals surface area contributed by atoms with Gasteiger partial charge in [0.25, 0.3) is 0 Å². The molecular formula is C24H38O. The Labute approximate surface area is 155 Å². The highest BCUT2D eigenvalue weighted by Crippen LogP contribution is 2.36. The van der Waals surface area contributed by atoms with Crippen LogP contribution in [0.4, 0.5) is 0 Å². The van der Waals surface area contributed by atoms with Crippen molar-refractivity contribution in [2.75, 3.05) is 6.61 Å². The Morgan fingerprint density at radius 1 is 1.00 bits per heavy atom. The summed E-state index contributed by atoms with van der Waals surface area (Å²) in [7, 11) is 0. The maximum absolute atomic E-state index is 5.83. The van der Waals surface area contributed by atoms with E-state index in [0.29, 0.717) is 0 Å². The van der Waals surface area contributed by atoms with E-state index in [4.69, 9.17) is 4.74 Å². The van der Waals surface area contributed by atoms with Gasteiger partial charge in [0.1, 0.15) is 5.75 Å². The van der Waals surface area contributed by atoms with Gasteiger partial charge < -0.3 is 4.74 Å². The van der Waals surface area contributed by atoms with Crippen molar-refractivity contribution in [3.05, 3.63) is 35.9 Å². The SMILES string of the molecule is CCCCCOc1ccc(C2=CCC(C(C)CCCCC)CC2)cc1. The van der Waals surface area contributed by atoms with Crippen LogP contribution in [0.1, 0.15) is 90.5 Å². The Kier molecular flexibility index (Phi) is 9.15. The van der Waals surface area contributed by atoms with Crippen molar-refractivity contribution in [1.82, 2.24) is 0 Å². The van der Waals surface area contributed by atoms with Gasteiger partial charge in [0.2, 0.25) is 0 Å². The standard InChI is InChI=1S/C24H38O/c1-4-6-8-10-20(3)21-11-13-22(14-12-21)23-15-17-24(18-16-23)25-19-9-7-5-2/h13,15-18,20-21H,4-12,14,19H2,1-3H3. The molecule has 0 saturated heterocycles. The van der Waals surface area contributed by atoms with Crippen molar-refractivity contribution in [1.29, 1.82) is 0 Å². The summed E-state index contributed by atoms with van der Waals surface area (Å²) in [6, 6.07) is 8.77. The van der Waals surface area contributed by atoms with Crippen molar-refractivity contribution in [3.63, 3.8) is 0 Å². The maximum atomic E-state index is 5.83. The molecule has 0 spiro atoms. The molecule has 1 aromatic carbocycles.